The zero-order chi connectivity index (χ0) is 14.0. The van der Waals surface area contributed by atoms with Gasteiger partial charge in [0.15, 0.2) is 0 Å². The molecule has 2 aliphatic heterocycles. The van der Waals surface area contributed by atoms with Crippen molar-refractivity contribution >= 4 is 10.0 Å². The fourth-order valence-electron chi connectivity index (χ4n) is 3.50. The summed E-state index contributed by atoms with van der Waals surface area (Å²) in [5.74, 6) is 0.262. The lowest BCUT2D eigenvalue weighted by Gasteiger charge is -2.34. The molecule has 2 heterocycles. The van der Waals surface area contributed by atoms with Crippen LogP contribution in [0.2, 0.25) is 0 Å². The number of nitrogens with one attached hydrogen (secondary N) is 2. The number of rotatable bonds is 7. The fraction of sp³-hybridized carbons (Fsp3) is 1.00. The number of fused-ring (bicyclic) bond motifs is 1. The predicted molar refractivity (Wildman–Crippen MR) is 80.2 cm³/mol. The van der Waals surface area contributed by atoms with Crippen LogP contribution in [0.25, 0.3) is 0 Å². The van der Waals surface area contributed by atoms with E-state index in [1.807, 2.05) is 0 Å². The molecule has 5 nitrogen and oxygen atoms in total. The van der Waals surface area contributed by atoms with Crippen molar-refractivity contribution < 1.29 is 8.42 Å². The Labute approximate surface area is 122 Å². The maximum Gasteiger partial charge on any atom is 0.211 e. The number of sulfonamides is 1. The van der Waals surface area contributed by atoms with Gasteiger partial charge in [0.1, 0.15) is 0 Å². The van der Waals surface area contributed by atoms with Gasteiger partial charge in [-0.2, -0.15) is 0 Å². The Bertz CT molecular complexity index is 422. The van der Waals surface area contributed by atoms with Crippen molar-refractivity contribution in [1.29, 1.82) is 0 Å². The molecule has 3 fully saturated rings. The summed E-state index contributed by atoms with van der Waals surface area (Å²) in [4.78, 5) is 2.52. The smallest absolute Gasteiger partial charge is 0.211 e. The van der Waals surface area contributed by atoms with Crippen LogP contribution < -0.4 is 10.0 Å². The highest BCUT2D eigenvalue weighted by atomic mass is 32.2. The van der Waals surface area contributed by atoms with Gasteiger partial charge < -0.3 is 10.2 Å². The first-order chi connectivity index (χ1) is 9.62. The van der Waals surface area contributed by atoms with E-state index in [1.165, 1.54) is 32.2 Å². The molecule has 3 rings (SSSR count). The summed E-state index contributed by atoms with van der Waals surface area (Å²) in [6.45, 7) is 3.09. The fourth-order valence-corrected chi connectivity index (χ4v) is 4.86. The molecule has 2 unspecified atom stereocenters. The summed E-state index contributed by atoms with van der Waals surface area (Å²) in [5, 5.41) is 3.36. The minimum absolute atomic E-state index is 0.163. The Morgan fingerprint density at radius 2 is 1.90 bits per heavy atom. The first kappa shape index (κ1) is 14.8. The predicted octanol–water partition coefficient (Wildman–Crippen LogP) is 0.675. The van der Waals surface area contributed by atoms with Crippen LogP contribution in [-0.4, -0.2) is 56.8 Å². The van der Waals surface area contributed by atoms with E-state index in [0.29, 0.717) is 18.5 Å². The zero-order valence-corrected chi connectivity index (χ0v) is 13.0. The lowest BCUT2D eigenvalue weighted by atomic mass is 9.99. The summed E-state index contributed by atoms with van der Waals surface area (Å²) in [7, 11) is -3.10. The third kappa shape index (κ3) is 4.16. The monoisotopic (exact) mass is 301 g/mol. The van der Waals surface area contributed by atoms with E-state index in [2.05, 4.69) is 14.9 Å². The van der Waals surface area contributed by atoms with Gasteiger partial charge in [-0.1, -0.05) is 0 Å². The molecule has 2 N–H and O–H groups in total. The van der Waals surface area contributed by atoms with Crippen molar-refractivity contribution in [3.8, 4) is 0 Å². The molecular formula is C14H27N3O2S. The van der Waals surface area contributed by atoms with E-state index < -0.39 is 10.0 Å². The highest BCUT2D eigenvalue weighted by Gasteiger charge is 2.33. The molecule has 0 aromatic carbocycles. The molecule has 0 bridgehead atoms. The van der Waals surface area contributed by atoms with E-state index in [1.54, 1.807) is 0 Å². The summed E-state index contributed by atoms with van der Waals surface area (Å²) in [6.07, 6.45) is 7.71. The van der Waals surface area contributed by atoms with Gasteiger partial charge in [0.2, 0.25) is 10.0 Å². The van der Waals surface area contributed by atoms with Crippen molar-refractivity contribution in [3.05, 3.63) is 0 Å². The lowest BCUT2D eigenvalue weighted by Crippen LogP contribution is -2.47. The highest BCUT2D eigenvalue weighted by Crippen LogP contribution is 2.27. The summed E-state index contributed by atoms with van der Waals surface area (Å²) in [6, 6.07) is 1.45. The Kier molecular flexibility index (Phi) is 4.65. The molecule has 0 radical (unpaired) electrons. The van der Waals surface area contributed by atoms with Crippen molar-refractivity contribution in [2.45, 2.75) is 63.1 Å². The average molecular weight is 301 g/mol. The molecule has 6 heteroatoms. The maximum atomic E-state index is 12.1. The quantitative estimate of drug-likeness (QED) is 0.679. The maximum absolute atomic E-state index is 12.1. The Morgan fingerprint density at radius 3 is 2.70 bits per heavy atom. The topological polar surface area (TPSA) is 61.4 Å². The van der Waals surface area contributed by atoms with Crippen LogP contribution in [0.1, 0.15) is 44.9 Å². The average Bonchev–Trinajstić information content (AvgIpc) is 3.11. The molecular weight excluding hydrogens is 274 g/mol. The van der Waals surface area contributed by atoms with E-state index in [4.69, 9.17) is 0 Å². The highest BCUT2D eigenvalue weighted by molar-refractivity contribution is 7.89. The van der Waals surface area contributed by atoms with E-state index >= 15 is 0 Å². The molecule has 2 saturated heterocycles. The van der Waals surface area contributed by atoms with Crippen LogP contribution in [0.5, 0.6) is 0 Å². The van der Waals surface area contributed by atoms with Gasteiger partial charge in [-0.05, 0) is 64.6 Å². The van der Waals surface area contributed by atoms with Gasteiger partial charge in [0.25, 0.3) is 0 Å². The molecule has 20 heavy (non-hydrogen) atoms. The summed E-state index contributed by atoms with van der Waals surface area (Å²) < 4.78 is 27.1. The van der Waals surface area contributed by atoms with Gasteiger partial charge in [0, 0.05) is 18.1 Å². The van der Waals surface area contributed by atoms with Crippen LogP contribution >= 0.6 is 0 Å². The third-order valence-corrected chi connectivity index (χ3v) is 6.29. The van der Waals surface area contributed by atoms with Gasteiger partial charge in [-0.15, -0.1) is 0 Å². The van der Waals surface area contributed by atoms with Gasteiger partial charge in [-0.25, -0.2) is 13.1 Å². The van der Waals surface area contributed by atoms with Crippen LogP contribution in [0.4, 0.5) is 0 Å². The molecule has 0 amide bonds. The largest absolute Gasteiger partial charge is 0.314 e. The second-order valence-electron chi connectivity index (χ2n) is 6.57. The molecule has 0 aromatic heterocycles. The van der Waals surface area contributed by atoms with Crippen molar-refractivity contribution in [3.63, 3.8) is 0 Å². The number of nitrogens with zero attached hydrogens (tertiary/aromatic N) is 1. The lowest BCUT2D eigenvalue weighted by molar-refractivity contribution is 0.176. The number of hydrogen-bond donors (Lipinski definition) is 2. The minimum Gasteiger partial charge on any atom is -0.314 e. The summed E-state index contributed by atoms with van der Waals surface area (Å²) in [5.41, 5.74) is 0. The van der Waals surface area contributed by atoms with Crippen molar-refractivity contribution in [2.24, 2.45) is 0 Å². The Balaban J connectivity index is 1.38. The van der Waals surface area contributed by atoms with Crippen molar-refractivity contribution in [1.82, 2.24) is 14.9 Å². The van der Waals surface area contributed by atoms with Crippen LogP contribution in [0.3, 0.4) is 0 Å². The van der Waals surface area contributed by atoms with Gasteiger partial charge in [-0.3, -0.25) is 0 Å². The van der Waals surface area contributed by atoms with Crippen LogP contribution in [0.15, 0.2) is 0 Å². The molecule has 3 aliphatic rings. The molecule has 2 atom stereocenters. The van der Waals surface area contributed by atoms with E-state index in [9.17, 15) is 8.42 Å². The first-order valence-corrected chi connectivity index (χ1v) is 9.75. The van der Waals surface area contributed by atoms with Crippen molar-refractivity contribution in [2.75, 3.05) is 25.4 Å². The molecule has 1 saturated carbocycles. The third-order valence-electron chi connectivity index (χ3n) is 4.77. The zero-order valence-electron chi connectivity index (χ0n) is 12.2. The molecule has 0 spiro atoms. The van der Waals surface area contributed by atoms with Gasteiger partial charge in [0.05, 0.1) is 5.75 Å². The Hall–Kier alpha value is -0.170. The number of piperidine rings is 1. The van der Waals surface area contributed by atoms with E-state index in [-0.39, 0.29) is 11.8 Å². The van der Waals surface area contributed by atoms with Crippen LogP contribution in [-0.2, 0) is 10.0 Å². The standard InChI is InChI=1S/C14H27N3O2S/c18-20(19,10-2-7-15-12-4-5-12)16-13-6-9-17-8-1-3-14(17)11-13/h12-16H,1-11H2. The minimum atomic E-state index is -3.10. The Morgan fingerprint density at radius 1 is 1.05 bits per heavy atom. The molecule has 116 valence electrons. The molecule has 1 aliphatic carbocycles. The second-order valence-corrected chi connectivity index (χ2v) is 8.45. The normalized spacial score (nSPS) is 31.4. The second kappa shape index (κ2) is 6.30. The first-order valence-electron chi connectivity index (χ1n) is 8.10. The van der Waals surface area contributed by atoms with Gasteiger partial charge >= 0.3 is 0 Å². The van der Waals surface area contributed by atoms with E-state index in [0.717, 1.165) is 25.9 Å². The summed E-state index contributed by atoms with van der Waals surface area (Å²) >= 11 is 0. The molecule has 0 aromatic rings. The SMILES string of the molecule is O=S(=O)(CCCNC1CC1)NC1CCN2CCCC2C1. The van der Waals surface area contributed by atoms with Crippen LogP contribution in [0, 0.1) is 0 Å². The number of hydrogen-bond acceptors (Lipinski definition) is 4.